The minimum absolute atomic E-state index is 0.158. The van der Waals surface area contributed by atoms with Crippen LogP contribution in [0.25, 0.3) is 0 Å². The molecular formula is C17H19N3O3. The van der Waals surface area contributed by atoms with Gasteiger partial charge in [0.25, 0.3) is 0 Å². The van der Waals surface area contributed by atoms with Gasteiger partial charge in [0.15, 0.2) is 11.5 Å². The van der Waals surface area contributed by atoms with Crippen molar-refractivity contribution in [3.8, 4) is 11.5 Å². The van der Waals surface area contributed by atoms with Crippen molar-refractivity contribution in [1.82, 2.24) is 10.3 Å². The van der Waals surface area contributed by atoms with Crippen LogP contribution < -0.4 is 20.1 Å². The fourth-order valence-electron chi connectivity index (χ4n) is 2.33. The largest absolute Gasteiger partial charge is 0.490 e. The lowest BCUT2D eigenvalue weighted by atomic mass is 10.1. The van der Waals surface area contributed by atoms with Crippen LogP contribution in [0.1, 0.15) is 24.9 Å². The topological polar surface area (TPSA) is 72.5 Å². The number of ether oxygens (including phenoxy) is 2. The summed E-state index contributed by atoms with van der Waals surface area (Å²) in [5.74, 6) is 1.47. The predicted octanol–water partition coefficient (Wildman–Crippen LogP) is 3.13. The van der Waals surface area contributed by atoms with Gasteiger partial charge >= 0.3 is 6.03 Å². The predicted molar refractivity (Wildman–Crippen MR) is 86.9 cm³/mol. The van der Waals surface area contributed by atoms with E-state index in [0.29, 0.717) is 18.9 Å². The van der Waals surface area contributed by atoms with Crippen LogP contribution in [0.2, 0.25) is 0 Å². The number of urea groups is 1. The Morgan fingerprint density at radius 3 is 2.65 bits per heavy atom. The molecule has 0 fully saturated rings. The smallest absolute Gasteiger partial charge is 0.319 e. The van der Waals surface area contributed by atoms with E-state index in [1.807, 2.05) is 25.1 Å². The van der Waals surface area contributed by atoms with E-state index in [-0.39, 0.29) is 12.1 Å². The molecule has 0 saturated carbocycles. The standard InChI is InChI=1S/C17H19N3O3/c1-12(19-17(21)20-14-5-7-18-8-6-14)13-3-4-15-16(11-13)23-10-2-9-22-15/h3-8,11-12H,2,9-10H2,1H3,(H2,18,19,20,21)/t12-/m0/s1. The van der Waals surface area contributed by atoms with Crippen LogP contribution in [-0.2, 0) is 0 Å². The number of pyridine rings is 1. The number of aromatic nitrogens is 1. The van der Waals surface area contributed by atoms with Gasteiger partial charge < -0.3 is 20.1 Å². The fraction of sp³-hybridized carbons (Fsp3) is 0.294. The molecule has 0 spiro atoms. The molecule has 120 valence electrons. The minimum atomic E-state index is -0.268. The van der Waals surface area contributed by atoms with Crippen molar-refractivity contribution in [3.63, 3.8) is 0 Å². The summed E-state index contributed by atoms with van der Waals surface area (Å²) in [5, 5.41) is 5.67. The zero-order valence-corrected chi connectivity index (χ0v) is 12.9. The fourth-order valence-corrected chi connectivity index (χ4v) is 2.33. The number of carbonyl (C=O) groups excluding carboxylic acids is 1. The Hall–Kier alpha value is -2.76. The van der Waals surface area contributed by atoms with Crippen molar-refractivity contribution in [2.24, 2.45) is 0 Å². The molecule has 2 amide bonds. The van der Waals surface area contributed by atoms with Gasteiger partial charge in [-0.2, -0.15) is 0 Å². The molecule has 0 bridgehead atoms. The Balaban J connectivity index is 1.65. The lowest BCUT2D eigenvalue weighted by Gasteiger charge is -2.17. The van der Waals surface area contributed by atoms with E-state index >= 15 is 0 Å². The summed E-state index contributed by atoms with van der Waals surface area (Å²) in [7, 11) is 0. The van der Waals surface area contributed by atoms with Gasteiger partial charge in [-0.15, -0.1) is 0 Å². The van der Waals surface area contributed by atoms with Crippen molar-refractivity contribution < 1.29 is 14.3 Å². The molecule has 2 aromatic rings. The molecule has 1 aliphatic rings. The number of hydrogen-bond acceptors (Lipinski definition) is 4. The Labute approximate surface area is 134 Å². The Morgan fingerprint density at radius 1 is 1.13 bits per heavy atom. The number of hydrogen-bond donors (Lipinski definition) is 2. The van der Waals surface area contributed by atoms with Crippen molar-refractivity contribution in [2.45, 2.75) is 19.4 Å². The second-order valence-electron chi connectivity index (χ2n) is 5.31. The average molecular weight is 313 g/mol. The van der Waals surface area contributed by atoms with Crippen LogP contribution in [0.3, 0.4) is 0 Å². The first-order valence-electron chi connectivity index (χ1n) is 7.59. The van der Waals surface area contributed by atoms with Crippen LogP contribution in [0, 0.1) is 0 Å². The number of amides is 2. The number of nitrogens with one attached hydrogen (secondary N) is 2. The Bertz CT molecular complexity index is 676. The summed E-state index contributed by atoms with van der Waals surface area (Å²) in [5.41, 5.74) is 1.66. The highest BCUT2D eigenvalue weighted by Gasteiger charge is 2.15. The third-order valence-electron chi connectivity index (χ3n) is 3.56. The van der Waals surface area contributed by atoms with E-state index in [1.54, 1.807) is 24.5 Å². The van der Waals surface area contributed by atoms with Gasteiger partial charge in [-0.1, -0.05) is 6.07 Å². The summed E-state index contributed by atoms with van der Waals surface area (Å²) < 4.78 is 11.3. The second-order valence-corrected chi connectivity index (χ2v) is 5.31. The lowest BCUT2D eigenvalue weighted by Crippen LogP contribution is -2.31. The highest BCUT2D eigenvalue weighted by Crippen LogP contribution is 2.32. The average Bonchev–Trinajstić information content (AvgIpc) is 2.80. The van der Waals surface area contributed by atoms with E-state index < -0.39 is 0 Å². The number of anilines is 1. The molecule has 3 rings (SSSR count). The first kappa shape index (κ1) is 15.1. The summed E-state index contributed by atoms with van der Waals surface area (Å²) in [4.78, 5) is 16.0. The van der Waals surface area contributed by atoms with Gasteiger partial charge in [0.2, 0.25) is 0 Å². The highest BCUT2D eigenvalue weighted by atomic mass is 16.5. The van der Waals surface area contributed by atoms with Crippen LogP contribution in [0.5, 0.6) is 11.5 Å². The number of fused-ring (bicyclic) bond motifs is 1. The van der Waals surface area contributed by atoms with Crippen LogP contribution in [-0.4, -0.2) is 24.2 Å². The van der Waals surface area contributed by atoms with Gasteiger partial charge in [-0.3, -0.25) is 4.98 Å². The highest BCUT2D eigenvalue weighted by molar-refractivity contribution is 5.89. The molecule has 1 aromatic carbocycles. The number of rotatable bonds is 3. The maximum absolute atomic E-state index is 12.0. The molecule has 0 aliphatic carbocycles. The molecule has 1 aliphatic heterocycles. The summed E-state index contributed by atoms with van der Waals surface area (Å²) in [6, 6.07) is 8.78. The van der Waals surface area contributed by atoms with Crippen LogP contribution in [0.4, 0.5) is 10.5 Å². The minimum Gasteiger partial charge on any atom is -0.490 e. The van der Waals surface area contributed by atoms with Gasteiger partial charge in [0.1, 0.15) is 0 Å². The van der Waals surface area contributed by atoms with Gasteiger partial charge in [0, 0.05) is 24.5 Å². The van der Waals surface area contributed by atoms with Crippen LogP contribution >= 0.6 is 0 Å². The van der Waals surface area contributed by atoms with Crippen molar-refractivity contribution in [2.75, 3.05) is 18.5 Å². The van der Waals surface area contributed by atoms with E-state index in [9.17, 15) is 4.79 Å². The Kier molecular flexibility index (Phi) is 4.61. The normalized spacial score (nSPS) is 14.5. The summed E-state index contributed by atoms with van der Waals surface area (Å²) in [6.07, 6.45) is 4.12. The van der Waals surface area contributed by atoms with Gasteiger partial charge in [-0.25, -0.2) is 4.79 Å². The van der Waals surface area contributed by atoms with Gasteiger partial charge in [0.05, 0.1) is 19.3 Å². The first-order chi connectivity index (χ1) is 11.2. The summed E-state index contributed by atoms with van der Waals surface area (Å²) in [6.45, 7) is 3.22. The van der Waals surface area contributed by atoms with E-state index in [1.165, 1.54) is 0 Å². The molecule has 1 atom stereocenters. The monoisotopic (exact) mass is 313 g/mol. The number of benzene rings is 1. The molecule has 2 heterocycles. The maximum Gasteiger partial charge on any atom is 0.319 e. The van der Waals surface area contributed by atoms with Crippen molar-refractivity contribution in [3.05, 3.63) is 48.3 Å². The number of carbonyl (C=O) groups is 1. The molecule has 6 nitrogen and oxygen atoms in total. The molecule has 2 N–H and O–H groups in total. The van der Waals surface area contributed by atoms with Gasteiger partial charge in [-0.05, 0) is 36.8 Å². The molecular weight excluding hydrogens is 294 g/mol. The third-order valence-corrected chi connectivity index (χ3v) is 3.56. The van der Waals surface area contributed by atoms with E-state index in [2.05, 4.69) is 15.6 Å². The molecule has 0 saturated heterocycles. The zero-order chi connectivity index (χ0) is 16.1. The SMILES string of the molecule is C[C@H](NC(=O)Nc1ccncc1)c1ccc2c(c1)OCCCO2. The molecule has 23 heavy (non-hydrogen) atoms. The third kappa shape index (κ3) is 3.91. The maximum atomic E-state index is 12.0. The van der Waals surface area contributed by atoms with E-state index in [4.69, 9.17) is 9.47 Å². The van der Waals surface area contributed by atoms with Crippen LogP contribution in [0.15, 0.2) is 42.7 Å². The second kappa shape index (κ2) is 7.00. The quantitative estimate of drug-likeness (QED) is 0.913. The van der Waals surface area contributed by atoms with E-state index in [0.717, 1.165) is 23.5 Å². The summed E-state index contributed by atoms with van der Waals surface area (Å²) >= 11 is 0. The Morgan fingerprint density at radius 2 is 1.87 bits per heavy atom. The molecule has 0 unspecified atom stereocenters. The zero-order valence-electron chi connectivity index (χ0n) is 12.9. The first-order valence-corrected chi connectivity index (χ1v) is 7.59. The van der Waals surface area contributed by atoms with Crippen molar-refractivity contribution >= 4 is 11.7 Å². The molecule has 6 heteroatoms. The number of nitrogens with zero attached hydrogens (tertiary/aromatic N) is 1. The molecule has 0 radical (unpaired) electrons. The molecule has 1 aromatic heterocycles. The lowest BCUT2D eigenvalue weighted by molar-refractivity contribution is 0.249. The van der Waals surface area contributed by atoms with Crippen molar-refractivity contribution in [1.29, 1.82) is 0 Å².